The third-order valence-corrected chi connectivity index (χ3v) is 6.19. The van der Waals surface area contributed by atoms with E-state index >= 15 is 0 Å². The van der Waals surface area contributed by atoms with Gasteiger partial charge in [-0.1, -0.05) is 42.1 Å². The molecule has 8 heteroatoms. The van der Waals surface area contributed by atoms with E-state index in [1.165, 1.54) is 6.08 Å². The summed E-state index contributed by atoms with van der Waals surface area (Å²) in [7, 11) is 0. The van der Waals surface area contributed by atoms with E-state index in [2.05, 4.69) is 0 Å². The number of carbonyl (C=O) groups is 2. The molecule has 33 heavy (non-hydrogen) atoms. The fourth-order valence-electron chi connectivity index (χ4n) is 3.55. The quantitative estimate of drug-likeness (QED) is 0.320. The lowest BCUT2D eigenvalue weighted by Crippen LogP contribution is -2.32. The summed E-state index contributed by atoms with van der Waals surface area (Å²) in [5.74, 6) is -0.163. The van der Waals surface area contributed by atoms with Gasteiger partial charge < -0.3 is 14.2 Å². The van der Waals surface area contributed by atoms with Crippen molar-refractivity contribution < 1.29 is 23.8 Å². The average molecular weight is 456 g/mol. The topological polar surface area (TPSA) is 88.9 Å². The van der Waals surface area contributed by atoms with E-state index in [-0.39, 0.29) is 12.4 Å². The molecule has 2 heterocycles. The fraction of sp³-hybridized carbons (Fsp3) is 0.0800. The van der Waals surface area contributed by atoms with Crippen molar-refractivity contribution in [2.75, 3.05) is 18.3 Å². The Morgan fingerprint density at radius 1 is 1.00 bits per heavy atom. The SMILES string of the molecule is N#CC(=Cc1ccc2c(c1)OCO2)C(=O)OCC(=O)N1c2ccccc2Sc2ccccc21. The number of anilines is 2. The summed E-state index contributed by atoms with van der Waals surface area (Å²) in [4.78, 5) is 29.1. The largest absolute Gasteiger partial charge is 0.454 e. The Labute approximate surface area is 193 Å². The van der Waals surface area contributed by atoms with Crippen molar-refractivity contribution in [3.63, 3.8) is 0 Å². The Morgan fingerprint density at radius 3 is 2.36 bits per heavy atom. The smallest absolute Gasteiger partial charge is 0.349 e. The van der Waals surface area contributed by atoms with Crippen molar-refractivity contribution in [2.24, 2.45) is 0 Å². The van der Waals surface area contributed by atoms with E-state index < -0.39 is 18.5 Å². The zero-order valence-electron chi connectivity index (χ0n) is 17.2. The van der Waals surface area contributed by atoms with Crippen LogP contribution in [0.3, 0.4) is 0 Å². The second-order valence-electron chi connectivity index (χ2n) is 7.13. The second kappa shape index (κ2) is 8.73. The predicted octanol–water partition coefficient (Wildman–Crippen LogP) is 4.69. The maximum atomic E-state index is 13.1. The number of nitriles is 1. The van der Waals surface area contributed by atoms with Gasteiger partial charge in [-0.2, -0.15) is 5.26 Å². The monoisotopic (exact) mass is 456 g/mol. The van der Waals surface area contributed by atoms with E-state index in [4.69, 9.17) is 14.2 Å². The number of fused-ring (bicyclic) bond motifs is 3. The summed E-state index contributed by atoms with van der Waals surface area (Å²) in [6, 6.07) is 22.0. The Kier molecular flexibility index (Phi) is 5.47. The van der Waals surface area contributed by atoms with Gasteiger partial charge in [0.15, 0.2) is 18.1 Å². The third kappa shape index (κ3) is 4.02. The Hall–Kier alpha value is -4.22. The van der Waals surface area contributed by atoms with E-state index in [9.17, 15) is 14.9 Å². The maximum absolute atomic E-state index is 13.1. The van der Waals surface area contributed by atoms with Crippen LogP contribution in [0.1, 0.15) is 5.56 Å². The van der Waals surface area contributed by atoms with E-state index in [0.717, 1.165) is 21.2 Å². The predicted molar refractivity (Wildman–Crippen MR) is 121 cm³/mol. The molecule has 0 aromatic heterocycles. The molecule has 2 aliphatic rings. The number of hydrogen-bond acceptors (Lipinski definition) is 7. The van der Waals surface area contributed by atoms with Gasteiger partial charge >= 0.3 is 5.97 Å². The van der Waals surface area contributed by atoms with Gasteiger partial charge in [0.25, 0.3) is 5.91 Å². The number of ether oxygens (including phenoxy) is 3. The first kappa shape index (κ1) is 20.7. The van der Waals surface area contributed by atoms with Gasteiger partial charge in [-0.05, 0) is 48.0 Å². The zero-order valence-corrected chi connectivity index (χ0v) is 18.0. The minimum Gasteiger partial charge on any atom is -0.454 e. The van der Waals surface area contributed by atoms with E-state index in [1.54, 1.807) is 34.9 Å². The van der Waals surface area contributed by atoms with Gasteiger partial charge in [0, 0.05) is 9.79 Å². The van der Waals surface area contributed by atoms with Crippen molar-refractivity contribution >= 4 is 41.1 Å². The van der Waals surface area contributed by atoms with Gasteiger partial charge in [0.2, 0.25) is 6.79 Å². The number of nitrogens with zero attached hydrogens (tertiary/aromatic N) is 2. The molecular weight excluding hydrogens is 440 g/mol. The van der Waals surface area contributed by atoms with Gasteiger partial charge in [0.1, 0.15) is 11.6 Å². The first-order chi connectivity index (χ1) is 16.1. The normalized spacial score (nSPS) is 13.5. The number of esters is 1. The number of benzene rings is 3. The summed E-state index contributed by atoms with van der Waals surface area (Å²) >= 11 is 1.57. The molecule has 3 aromatic rings. The van der Waals surface area contributed by atoms with Crippen LogP contribution in [0.15, 0.2) is 82.1 Å². The van der Waals surface area contributed by atoms with Crippen molar-refractivity contribution in [3.05, 3.63) is 77.9 Å². The summed E-state index contributed by atoms with van der Waals surface area (Å²) in [6.45, 7) is -0.384. The maximum Gasteiger partial charge on any atom is 0.349 e. The second-order valence-corrected chi connectivity index (χ2v) is 8.21. The Morgan fingerprint density at radius 2 is 1.67 bits per heavy atom. The molecule has 0 N–H and O–H groups in total. The molecule has 162 valence electrons. The lowest BCUT2D eigenvalue weighted by Gasteiger charge is -2.30. The summed E-state index contributed by atoms with van der Waals surface area (Å²) in [6.07, 6.45) is 1.39. The number of rotatable bonds is 4. The van der Waals surface area contributed by atoms with E-state index in [1.807, 2.05) is 54.6 Å². The number of para-hydroxylation sites is 2. The van der Waals surface area contributed by atoms with E-state index in [0.29, 0.717) is 17.1 Å². The van der Waals surface area contributed by atoms with Crippen LogP contribution < -0.4 is 14.4 Å². The van der Waals surface area contributed by atoms with Crippen LogP contribution in [0.4, 0.5) is 11.4 Å². The number of hydrogen-bond donors (Lipinski definition) is 0. The van der Waals surface area contributed by atoms with Crippen molar-refractivity contribution in [1.82, 2.24) is 0 Å². The highest BCUT2D eigenvalue weighted by Crippen LogP contribution is 2.47. The van der Waals surface area contributed by atoms with Crippen LogP contribution in [0, 0.1) is 11.3 Å². The van der Waals surface area contributed by atoms with Gasteiger partial charge in [-0.15, -0.1) is 0 Å². The van der Waals surface area contributed by atoms with Crippen LogP contribution in [-0.4, -0.2) is 25.3 Å². The zero-order chi connectivity index (χ0) is 22.8. The molecular formula is C25H16N2O5S. The van der Waals surface area contributed by atoms with Crippen LogP contribution >= 0.6 is 11.8 Å². The highest BCUT2D eigenvalue weighted by atomic mass is 32.2. The lowest BCUT2D eigenvalue weighted by atomic mass is 10.1. The minimum absolute atomic E-state index is 0.124. The van der Waals surface area contributed by atoms with Gasteiger partial charge in [-0.3, -0.25) is 9.69 Å². The van der Waals surface area contributed by atoms with Crippen molar-refractivity contribution in [2.45, 2.75) is 9.79 Å². The standard InChI is InChI=1S/C25H16N2O5S/c26-13-17(11-16-9-10-20-21(12-16)32-15-31-20)25(29)30-14-24(28)27-18-5-1-3-7-22(18)33-23-8-4-2-6-19(23)27/h1-12H,14-15H2. The first-order valence-corrected chi connectivity index (χ1v) is 10.8. The molecule has 0 atom stereocenters. The first-order valence-electron chi connectivity index (χ1n) is 10.0. The molecule has 0 saturated heterocycles. The molecule has 2 aliphatic heterocycles. The molecule has 7 nitrogen and oxygen atoms in total. The third-order valence-electron chi connectivity index (χ3n) is 5.06. The molecule has 0 spiro atoms. The highest BCUT2D eigenvalue weighted by molar-refractivity contribution is 7.99. The number of carbonyl (C=O) groups excluding carboxylic acids is 2. The van der Waals surface area contributed by atoms with Crippen LogP contribution in [0.2, 0.25) is 0 Å². The molecule has 0 aliphatic carbocycles. The molecule has 1 amide bonds. The highest BCUT2D eigenvalue weighted by Gasteiger charge is 2.28. The molecule has 3 aromatic carbocycles. The molecule has 5 rings (SSSR count). The molecule has 0 fully saturated rings. The lowest BCUT2D eigenvalue weighted by molar-refractivity contribution is -0.143. The molecule has 0 saturated carbocycles. The summed E-state index contributed by atoms with van der Waals surface area (Å²) in [5.41, 5.74) is 1.80. The minimum atomic E-state index is -0.878. The summed E-state index contributed by atoms with van der Waals surface area (Å²) < 4.78 is 15.8. The number of amides is 1. The van der Waals surface area contributed by atoms with Crippen molar-refractivity contribution in [1.29, 1.82) is 5.26 Å². The van der Waals surface area contributed by atoms with Crippen LogP contribution in [-0.2, 0) is 14.3 Å². The Balaban J connectivity index is 1.34. The average Bonchev–Trinajstić information content (AvgIpc) is 3.32. The molecule has 0 unspecified atom stereocenters. The summed E-state index contributed by atoms with van der Waals surface area (Å²) in [5, 5.41) is 9.45. The molecule has 0 radical (unpaired) electrons. The fourth-order valence-corrected chi connectivity index (χ4v) is 4.61. The molecule has 0 bridgehead atoms. The van der Waals surface area contributed by atoms with Gasteiger partial charge in [-0.25, -0.2) is 4.79 Å². The van der Waals surface area contributed by atoms with Crippen LogP contribution in [0.25, 0.3) is 6.08 Å². The van der Waals surface area contributed by atoms with Crippen LogP contribution in [0.5, 0.6) is 11.5 Å². The Bertz CT molecular complexity index is 1300. The van der Waals surface area contributed by atoms with Crippen molar-refractivity contribution in [3.8, 4) is 17.6 Å². The van der Waals surface area contributed by atoms with Gasteiger partial charge in [0.05, 0.1) is 11.4 Å².